The van der Waals surface area contributed by atoms with E-state index in [0.29, 0.717) is 0 Å². The van der Waals surface area contributed by atoms with Gasteiger partial charge in [-0.1, -0.05) is 69.7 Å². The zero-order valence-electron chi connectivity index (χ0n) is 17.1. The van der Waals surface area contributed by atoms with E-state index in [9.17, 15) is 0 Å². The smallest absolute Gasteiger partial charge is 0.0638 e. The maximum absolute atomic E-state index is 4.69. The van der Waals surface area contributed by atoms with Crippen molar-refractivity contribution in [1.29, 1.82) is 0 Å². The van der Waals surface area contributed by atoms with Crippen molar-refractivity contribution in [3.63, 3.8) is 0 Å². The topological polar surface area (TPSA) is 48.8 Å². The van der Waals surface area contributed by atoms with Crippen molar-refractivity contribution in [2.45, 2.75) is 58.9 Å². The predicted molar refractivity (Wildman–Crippen MR) is 176 cm³/mol. The largest absolute Gasteiger partial charge is 0.388 e. The Balaban J connectivity index is -0.000000778. The molecule has 0 aromatic heterocycles. The Labute approximate surface area is 229 Å². The fourth-order valence-electron chi connectivity index (χ4n) is 3.03. The number of hydrogen-bond acceptors (Lipinski definition) is 4. The molecular weight excluding hydrogens is 452 g/mol. The van der Waals surface area contributed by atoms with E-state index in [1.165, 1.54) is 5.56 Å². The van der Waals surface area contributed by atoms with Crippen LogP contribution in [0.1, 0.15) is 57.6 Å². The summed E-state index contributed by atoms with van der Waals surface area (Å²) in [6.45, 7) is 2.07. The third kappa shape index (κ3) is 11.6. The van der Waals surface area contributed by atoms with Gasteiger partial charge in [0.05, 0.1) is 22.8 Å². The number of anilines is 3. The van der Waals surface area contributed by atoms with Crippen LogP contribution in [0.5, 0.6) is 0 Å². The zero-order valence-corrected chi connectivity index (χ0v) is 17.1. The van der Waals surface area contributed by atoms with Gasteiger partial charge < -0.3 is 10.6 Å². The molecule has 0 atom stereocenters. The lowest BCUT2D eigenvalue weighted by Crippen LogP contribution is -1.99. The molecule has 37 heavy (non-hydrogen) atoms. The van der Waals surface area contributed by atoms with Gasteiger partial charge in [-0.05, 0) is 91.9 Å². The van der Waals surface area contributed by atoms with Gasteiger partial charge in [0.25, 0.3) is 0 Å². The first-order valence-electron chi connectivity index (χ1n) is 9.93. The van der Waals surface area contributed by atoms with Crippen LogP contribution in [-0.2, 0) is 0 Å². The van der Waals surface area contributed by atoms with E-state index in [0.717, 1.165) is 39.9 Å². The zero-order chi connectivity index (χ0) is 20.8. The molecule has 3 aromatic carbocycles. The SMILES string of the molecule is C.C.C.C.C.C.C.CNc1ccc(Nc2ccc(N=C3C=CC(=Nc4ccc(C)cc4)C=C3)cc2)cc1. The van der Waals surface area contributed by atoms with Gasteiger partial charge in [0.1, 0.15) is 0 Å². The summed E-state index contributed by atoms with van der Waals surface area (Å²) in [6, 6.07) is 24.5. The number of aliphatic imine (C=N–C) groups is 2. The molecule has 0 saturated heterocycles. The summed E-state index contributed by atoms with van der Waals surface area (Å²) in [5, 5.41) is 6.52. The molecule has 4 rings (SSSR count). The third-order valence-corrected chi connectivity index (χ3v) is 4.73. The molecule has 0 heterocycles. The van der Waals surface area contributed by atoms with Gasteiger partial charge in [-0.15, -0.1) is 0 Å². The lowest BCUT2D eigenvalue weighted by atomic mass is 10.1. The maximum Gasteiger partial charge on any atom is 0.0638 e. The van der Waals surface area contributed by atoms with E-state index in [4.69, 9.17) is 4.99 Å². The lowest BCUT2D eigenvalue weighted by Gasteiger charge is -2.08. The minimum absolute atomic E-state index is 0. The second-order valence-electron chi connectivity index (χ2n) is 7.07. The molecule has 0 bridgehead atoms. The second kappa shape index (κ2) is 19.3. The second-order valence-corrected chi connectivity index (χ2v) is 7.07. The van der Waals surface area contributed by atoms with E-state index in [1.54, 1.807) is 0 Å². The van der Waals surface area contributed by atoms with Crippen molar-refractivity contribution in [1.82, 2.24) is 0 Å². The van der Waals surface area contributed by atoms with Crippen LogP contribution < -0.4 is 10.6 Å². The molecule has 0 radical (unpaired) electrons. The van der Waals surface area contributed by atoms with E-state index in [1.807, 2.05) is 92.0 Å². The molecule has 3 aromatic rings. The average Bonchev–Trinajstić information content (AvgIpc) is 2.78. The molecule has 4 nitrogen and oxygen atoms in total. The highest BCUT2D eigenvalue weighted by atomic mass is 14.9. The molecule has 1 aliphatic carbocycles. The van der Waals surface area contributed by atoms with Crippen LogP contribution in [0.4, 0.5) is 28.4 Å². The summed E-state index contributed by atoms with van der Waals surface area (Å²) in [5.41, 5.74) is 8.08. The van der Waals surface area contributed by atoms with Crippen LogP contribution in [0.3, 0.4) is 0 Å². The quantitative estimate of drug-likeness (QED) is 0.339. The molecular formula is C33H52N4. The molecule has 204 valence electrons. The number of nitrogens with zero attached hydrogens (tertiary/aromatic N) is 2. The van der Waals surface area contributed by atoms with Crippen molar-refractivity contribution >= 4 is 39.9 Å². The van der Waals surface area contributed by atoms with Crippen LogP contribution in [0.2, 0.25) is 0 Å². The van der Waals surface area contributed by atoms with Crippen LogP contribution in [-0.4, -0.2) is 18.5 Å². The molecule has 0 aliphatic heterocycles. The molecule has 1 aliphatic rings. The third-order valence-electron chi connectivity index (χ3n) is 4.73. The monoisotopic (exact) mass is 504 g/mol. The number of hydrogen-bond donors (Lipinski definition) is 2. The molecule has 0 amide bonds. The summed E-state index contributed by atoms with van der Waals surface area (Å²) >= 11 is 0. The fraction of sp³-hybridized carbons (Fsp3) is 0.273. The Morgan fingerprint density at radius 2 is 0.784 bits per heavy atom. The molecule has 0 saturated carbocycles. The molecule has 0 spiro atoms. The molecule has 2 N–H and O–H groups in total. The Bertz CT molecular complexity index is 1100. The van der Waals surface area contributed by atoms with Crippen molar-refractivity contribution < 1.29 is 0 Å². The predicted octanol–water partition coefficient (Wildman–Crippen LogP) is 11.2. The number of allylic oxidation sites excluding steroid dienone is 4. The van der Waals surface area contributed by atoms with Crippen LogP contribution >= 0.6 is 0 Å². The maximum atomic E-state index is 4.69. The molecule has 0 fully saturated rings. The van der Waals surface area contributed by atoms with E-state index >= 15 is 0 Å². The van der Waals surface area contributed by atoms with Gasteiger partial charge in [0.15, 0.2) is 0 Å². The average molecular weight is 505 g/mol. The Morgan fingerprint density at radius 1 is 0.459 bits per heavy atom. The summed E-state index contributed by atoms with van der Waals surface area (Å²) in [7, 11) is 1.91. The van der Waals surface area contributed by atoms with Crippen molar-refractivity contribution in [3.05, 3.63) is 103 Å². The van der Waals surface area contributed by atoms with Crippen LogP contribution in [0, 0.1) is 6.92 Å². The Hall–Kier alpha value is -3.92. The first-order valence-corrected chi connectivity index (χ1v) is 9.93. The van der Waals surface area contributed by atoms with Gasteiger partial charge >= 0.3 is 0 Å². The van der Waals surface area contributed by atoms with Gasteiger partial charge in [-0.25, -0.2) is 9.98 Å². The Morgan fingerprint density at radius 3 is 1.16 bits per heavy atom. The standard InChI is InChI=1S/C26H24N4.7CH4/c1-19-3-5-21(6-4-19)28-23-11-13-25(14-12-23)30-26-17-15-24(16-18-26)29-22-9-7-20(27-2)8-10-22;;;;;;;/h3-18,27,29H,1-2H3;7*1H4. The highest BCUT2D eigenvalue weighted by Gasteiger charge is 2.01. The molecule has 0 unspecified atom stereocenters. The number of aryl methyl sites for hydroxylation is 1. The van der Waals surface area contributed by atoms with Gasteiger partial charge in [-0.3, -0.25) is 0 Å². The highest BCUT2D eigenvalue weighted by Crippen LogP contribution is 2.22. The minimum atomic E-state index is 0. The van der Waals surface area contributed by atoms with Gasteiger partial charge in [0, 0.05) is 24.1 Å². The Kier molecular flexibility index (Phi) is 21.0. The number of nitrogens with one attached hydrogen (secondary N) is 2. The van der Waals surface area contributed by atoms with Gasteiger partial charge in [-0.2, -0.15) is 0 Å². The highest BCUT2D eigenvalue weighted by molar-refractivity contribution is 6.19. The minimum Gasteiger partial charge on any atom is -0.388 e. The van der Waals surface area contributed by atoms with Crippen molar-refractivity contribution in [2.75, 3.05) is 17.7 Å². The molecule has 4 heteroatoms. The summed E-state index contributed by atoms with van der Waals surface area (Å²) in [4.78, 5) is 9.33. The van der Waals surface area contributed by atoms with E-state index in [2.05, 4.69) is 34.7 Å². The number of rotatable bonds is 5. The first kappa shape index (κ1) is 40.3. The van der Waals surface area contributed by atoms with E-state index in [-0.39, 0.29) is 52.0 Å². The first-order chi connectivity index (χ1) is 14.7. The van der Waals surface area contributed by atoms with Gasteiger partial charge in [0.2, 0.25) is 0 Å². The normalized spacial score (nSPS) is 10.2. The van der Waals surface area contributed by atoms with E-state index < -0.39 is 0 Å². The number of benzene rings is 3. The van der Waals surface area contributed by atoms with Crippen LogP contribution in [0.25, 0.3) is 0 Å². The summed E-state index contributed by atoms with van der Waals surface area (Å²) < 4.78 is 0. The lowest BCUT2D eigenvalue weighted by molar-refractivity contribution is 1.43. The van der Waals surface area contributed by atoms with Crippen LogP contribution in [0.15, 0.2) is 107 Å². The summed E-state index contributed by atoms with van der Waals surface area (Å²) in [6.07, 6.45) is 7.96. The van der Waals surface area contributed by atoms with Crippen molar-refractivity contribution in [3.8, 4) is 0 Å². The van der Waals surface area contributed by atoms with Crippen molar-refractivity contribution in [2.24, 2.45) is 9.98 Å². The fourth-order valence-corrected chi connectivity index (χ4v) is 3.03. The summed E-state index contributed by atoms with van der Waals surface area (Å²) in [5.74, 6) is 0.